The number of hydrogen-bond donors (Lipinski definition) is 0. The predicted molar refractivity (Wildman–Crippen MR) is 122 cm³/mol. The molecular formula is C25H30N4O3. The van der Waals surface area contributed by atoms with Gasteiger partial charge in [0.2, 0.25) is 11.7 Å². The Hall–Kier alpha value is -3.19. The number of hydrogen-bond acceptors (Lipinski definition) is 6. The smallest absolute Gasteiger partial charge is 0.260 e. The molecule has 0 radical (unpaired) electrons. The molecule has 7 nitrogen and oxygen atoms in total. The molecule has 0 unspecified atom stereocenters. The number of carbonyl (C=O) groups excluding carboxylic acids is 1. The van der Waals surface area contributed by atoms with Crippen LogP contribution < -0.4 is 4.74 Å². The van der Waals surface area contributed by atoms with E-state index in [9.17, 15) is 4.79 Å². The average Bonchev–Trinajstić information content (AvgIpc) is 3.28. The Balaban J connectivity index is 1.16. The van der Waals surface area contributed by atoms with E-state index in [0.29, 0.717) is 11.7 Å². The number of para-hydroxylation sites is 1. The Morgan fingerprint density at radius 1 is 1.03 bits per heavy atom. The molecule has 1 aliphatic heterocycles. The van der Waals surface area contributed by atoms with Gasteiger partial charge in [0.25, 0.3) is 5.91 Å². The van der Waals surface area contributed by atoms with E-state index in [1.165, 1.54) is 5.56 Å². The molecule has 2 aromatic carbocycles. The number of ether oxygens (including phenoxy) is 1. The normalized spacial score (nSPS) is 14.5. The van der Waals surface area contributed by atoms with E-state index in [1.54, 1.807) is 0 Å². The zero-order chi connectivity index (χ0) is 22.3. The van der Waals surface area contributed by atoms with Gasteiger partial charge in [-0.05, 0) is 38.4 Å². The van der Waals surface area contributed by atoms with Gasteiger partial charge in [0.15, 0.2) is 6.61 Å². The van der Waals surface area contributed by atoms with Crippen LogP contribution in [-0.2, 0) is 11.2 Å². The van der Waals surface area contributed by atoms with Crippen molar-refractivity contribution in [3.8, 4) is 17.1 Å². The molecular weight excluding hydrogens is 404 g/mol. The van der Waals surface area contributed by atoms with Crippen LogP contribution in [0.5, 0.6) is 5.75 Å². The molecule has 0 aliphatic carbocycles. The van der Waals surface area contributed by atoms with Crippen molar-refractivity contribution in [3.63, 3.8) is 0 Å². The van der Waals surface area contributed by atoms with E-state index < -0.39 is 0 Å². The largest absolute Gasteiger partial charge is 0.484 e. The summed E-state index contributed by atoms with van der Waals surface area (Å²) in [5, 5.41) is 4.10. The van der Waals surface area contributed by atoms with Crippen LogP contribution in [0.1, 0.15) is 23.4 Å². The van der Waals surface area contributed by atoms with E-state index in [1.807, 2.05) is 60.4 Å². The fraction of sp³-hybridized carbons (Fsp3) is 0.400. The monoisotopic (exact) mass is 434 g/mol. The highest BCUT2D eigenvalue weighted by molar-refractivity contribution is 5.78. The van der Waals surface area contributed by atoms with Gasteiger partial charge in [-0.3, -0.25) is 9.69 Å². The molecule has 1 amide bonds. The summed E-state index contributed by atoms with van der Waals surface area (Å²) in [5.74, 6) is 2.12. The van der Waals surface area contributed by atoms with Gasteiger partial charge in [0, 0.05) is 38.2 Å². The molecule has 1 saturated heterocycles. The Kier molecular flexibility index (Phi) is 7.17. The summed E-state index contributed by atoms with van der Waals surface area (Å²) in [6, 6.07) is 15.9. The molecule has 0 atom stereocenters. The maximum absolute atomic E-state index is 12.5. The molecule has 2 heterocycles. The first-order valence-electron chi connectivity index (χ1n) is 11.2. The number of rotatable bonds is 8. The van der Waals surface area contributed by atoms with Crippen molar-refractivity contribution in [3.05, 3.63) is 65.5 Å². The van der Waals surface area contributed by atoms with Gasteiger partial charge in [-0.25, -0.2) is 0 Å². The van der Waals surface area contributed by atoms with Crippen LogP contribution in [0.4, 0.5) is 0 Å². The first kappa shape index (κ1) is 22.0. The Morgan fingerprint density at radius 2 is 1.78 bits per heavy atom. The number of amides is 1. The first-order chi connectivity index (χ1) is 15.6. The molecule has 3 aromatic rings. The van der Waals surface area contributed by atoms with Crippen molar-refractivity contribution in [1.82, 2.24) is 19.9 Å². The van der Waals surface area contributed by atoms with Crippen LogP contribution in [-0.4, -0.2) is 65.2 Å². The highest BCUT2D eigenvalue weighted by Gasteiger charge is 2.21. The van der Waals surface area contributed by atoms with E-state index in [0.717, 1.165) is 62.4 Å². The number of aromatic nitrogens is 2. The summed E-state index contributed by atoms with van der Waals surface area (Å²) in [5.41, 5.74) is 3.22. The quantitative estimate of drug-likeness (QED) is 0.540. The van der Waals surface area contributed by atoms with Gasteiger partial charge in [-0.15, -0.1) is 0 Å². The summed E-state index contributed by atoms with van der Waals surface area (Å²) in [6.45, 7) is 8.28. The van der Waals surface area contributed by atoms with Crippen LogP contribution in [0.25, 0.3) is 11.4 Å². The third-order valence-electron chi connectivity index (χ3n) is 5.81. The molecule has 32 heavy (non-hydrogen) atoms. The second-order valence-electron chi connectivity index (χ2n) is 8.26. The Morgan fingerprint density at radius 3 is 2.53 bits per heavy atom. The maximum atomic E-state index is 12.5. The van der Waals surface area contributed by atoms with Gasteiger partial charge >= 0.3 is 0 Å². The van der Waals surface area contributed by atoms with Crippen molar-refractivity contribution in [1.29, 1.82) is 0 Å². The summed E-state index contributed by atoms with van der Waals surface area (Å²) < 4.78 is 11.1. The van der Waals surface area contributed by atoms with E-state index in [4.69, 9.17) is 9.26 Å². The number of nitrogens with zero attached hydrogens (tertiary/aromatic N) is 4. The molecule has 0 spiro atoms. The molecule has 0 bridgehead atoms. The van der Waals surface area contributed by atoms with Gasteiger partial charge < -0.3 is 14.2 Å². The molecule has 1 fully saturated rings. The van der Waals surface area contributed by atoms with Gasteiger partial charge in [-0.2, -0.15) is 4.98 Å². The highest BCUT2D eigenvalue weighted by Crippen LogP contribution is 2.18. The second kappa shape index (κ2) is 10.4. The van der Waals surface area contributed by atoms with Gasteiger partial charge in [-0.1, -0.05) is 53.2 Å². The average molecular weight is 435 g/mol. The summed E-state index contributed by atoms with van der Waals surface area (Å²) in [4.78, 5) is 21.3. The Labute approximate surface area is 189 Å². The molecule has 1 aromatic heterocycles. The van der Waals surface area contributed by atoms with Crippen LogP contribution in [0, 0.1) is 13.8 Å². The minimum atomic E-state index is 0.0439. The molecule has 7 heteroatoms. The topological polar surface area (TPSA) is 71.7 Å². The minimum absolute atomic E-state index is 0.0439. The third-order valence-corrected chi connectivity index (χ3v) is 5.81. The van der Waals surface area contributed by atoms with Crippen molar-refractivity contribution < 1.29 is 14.1 Å². The lowest BCUT2D eigenvalue weighted by atomic mass is 10.1. The van der Waals surface area contributed by atoms with Crippen molar-refractivity contribution in [2.75, 3.05) is 39.3 Å². The highest BCUT2D eigenvalue weighted by atomic mass is 16.5. The first-order valence-corrected chi connectivity index (χ1v) is 11.2. The van der Waals surface area contributed by atoms with Crippen molar-refractivity contribution >= 4 is 5.91 Å². The zero-order valence-corrected chi connectivity index (χ0v) is 18.8. The minimum Gasteiger partial charge on any atom is -0.484 e. The number of aryl methyl sites for hydroxylation is 3. The fourth-order valence-corrected chi connectivity index (χ4v) is 3.80. The van der Waals surface area contributed by atoms with Crippen molar-refractivity contribution in [2.24, 2.45) is 0 Å². The molecule has 4 rings (SSSR count). The lowest BCUT2D eigenvalue weighted by Crippen LogP contribution is -2.50. The van der Waals surface area contributed by atoms with E-state index >= 15 is 0 Å². The fourth-order valence-electron chi connectivity index (χ4n) is 3.80. The standard InChI is InChI=1S/C25H30N4O3/c1-19-9-11-21(12-10-19)25-26-23(32-27-25)8-5-13-28-14-16-29(17-15-28)24(30)18-31-22-7-4-3-6-20(22)2/h3-4,6-7,9-12H,5,8,13-18H2,1-2H3. The van der Waals surface area contributed by atoms with Crippen LogP contribution >= 0.6 is 0 Å². The number of carbonyl (C=O) groups is 1. The van der Waals surface area contributed by atoms with Gasteiger partial charge in [0.1, 0.15) is 5.75 Å². The maximum Gasteiger partial charge on any atom is 0.260 e. The Bertz CT molecular complexity index is 1020. The molecule has 168 valence electrons. The zero-order valence-electron chi connectivity index (χ0n) is 18.8. The molecule has 0 N–H and O–H groups in total. The summed E-state index contributed by atoms with van der Waals surface area (Å²) in [6.07, 6.45) is 1.70. The van der Waals surface area contributed by atoms with Crippen molar-refractivity contribution in [2.45, 2.75) is 26.7 Å². The predicted octanol–water partition coefficient (Wildman–Crippen LogP) is 3.51. The van der Waals surface area contributed by atoms with Crippen LogP contribution in [0.15, 0.2) is 53.1 Å². The van der Waals surface area contributed by atoms with E-state index in [2.05, 4.69) is 22.0 Å². The lowest BCUT2D eigenvalue weighted by Gasteiger charge is -2.34. The summed E-state index contributed by atoms with van der Waals surface area (Å²) >= 11 is 0. The second-order valence-corrected chi connectivity index (χ2v) is 8.26. The lowest BCUT2D eigenvalue weighted by molar-refractivity contribution is -0.135. The number of benzene rings is 2. The number of piperazine rings is 1. The third kappa shape index (κ3) is 5.73. The summed E-state index contributed by atoms with van der Waals surface area (Å²) in [7, 11) is 0. The SMILES string of the molecule is Cc1ccc(-c2noc(CCCN3CCN(C(=O)COc4ccccc4C)CC3)n2)cc1. The van der Waals surface area contributed by atoms with Crippen LogP contribution in [0.3, 0.4) is 0 Å². The van der Waals surface area contributed by atoms with E-state index in [-0.39, 0.29) is 12.5 Å². The van der Waals surface area contributed by atoms with Crippen LogP contribution in [0.2, 0.25) is 0 Å². The molecule has 1 aliphatic rings. The van der Waals surface area contributed by atoms with Gasteiger partial charge in [0.05, 0.1) is 0 Å². The molecule has 0 saturated carbocycles.